The van der Waals surface area contributed by atoms with Crippen LogP contribution < -0.4 is 10.2 Å². The number of thiocarbonyl (C=S) groups is 1. The summed E-state index contributed by atoms with van der Waals surface area (Å²) in [6.07, 6.45) is 2.86. The van der Waals surface area contributed by atoms with Crippen LogP contribution in [0.15, 0.2) is 64.6 Å². The van der Waals surface area contributed by atoms with Gasteiger partial charge in [-0.15, -0.1) is 11.3 Å². The second kappa shape index (κ2) is 7.47. The lowest BCUT2D eigenvalue weighted by Crippen LogP contribution is -2.29. The molecule has 2 aromatic heterocycles. The standard InChI is InChI=1S/C20H18BrN3S2/c1-2-13-6-8-14(9-7-13)24-19(16-10-11-17(21)26-16)18(23-20(24)25)15-5-3-4-12-22-15/h3-12,18-19H,2H2,1H3,(H,23,25)/t18-,19+/m0/s1. The van der Waals surface area contributed by atoms with Gasteiger partial charge in [-0.1, -0.05) is 25.1 Å². The van der Waals surface area contributed by atoms with E-state index in [2.05, 4.69) is 80.5 Å². The topological polar surface area (TPSA) is 28.2 Å². The van der Waals surface area contributed by atoms with E-state index in [1.165, 1.54) is 10.4 Å². The number of nitrogens with zero attached hydrogens (tertiary/aromatic N) is 2. The summed E-state index contributed by atoms with van der Waals surface area (Å²) in [5, 5.41) is 4.23. The van der Waals surface area contributed by atoms with Gasteiger partial charge in [-0.2, -0.15) is 0 Å². The molecule has 6 heteroatoms. The molecule has 4 rings (SSSR count). The maximum atomic E-state index is 5.72. The summed E-state index contributed by atoms with van der Waals surface area (Å²) in [6.45, 7) is 2.17. The molecule has 0 amide bonds. The molecule has 3 aromatic rings. The van der Waals surface area contributed by atoms with E-state index in [1.807, 2.05) is 18.3 Å². The monoisotopic (exact) mass is 443 g/mol. The number of hydrogen-bond donors (Lipinski definition) is 1. The van der Waals surface area contributed by atoms with E-state index in [1.54, 1.807) is 11.3 Å². The van der Waals surface area contributed by atoms with Crippen LogP contribution in [-0.4, -0.2) is 10.1 Å². The fourth-order valence-corrected chi connectivity index (χ4v) is 5.20. The van der Waals surface area contributed by atoms with Crippen molar-refractivity contribution in [1.82, 2.24) is 10.3 Å². The minimum absolute atomic E-state index is 0.0140. The highest BCUT2D eigenvalue weighted by Gasteiger charge is 2.41. The van der Waals surface area contributed by atoms with E-state index in [0.29, 0.717) is 0 Å². The molecule has 1 saturated heterocycles. The van der Waals surface area contributed by atoms with Gasteiger partial charge >= 0.3 is 0 Å². The van der Waals surface area contributed by atoms with Gasteiger partial charge in [0.15, 0.2) is 5.11 Å². The number of hydrogen-bond acceptors (Lipinski definition) is 3. The van der Waals surface area contributed by atoms with Crippen LogP contribution in [-0.2, 0) is 6.42 Å². The first-order chi connectivity index (χ1) is 12.7. The predicted molar refractivity (Wildman–Crippen MR) is 116 cm³/mol. The molecule has 1 aliphatic heterocycles. The quantitative estimate of drug-likeness (QED) is 0.527. The fraction of sp³-hybridized carbons (Fsp3) is 0.200. The van der Waals surface area contributed by atoms with Gasteiger partial charge in [0.2, 0.25) is 0 Å². The Hall–Kier alpha value is -1.76. The Morgan fingerprint density at radius 3 is 2.58 bits per heavy atom. The van der Waals surface area contributed by atoms with Crippen molar-refractivity contribution in [2.45, 2.75) is 25.4 Å². The van der Waals surface area contributed by atoms with Gasteiger partial charge in [0.1, 0.15) is 0 Å². The third kappa shape index (κ3) is 3.29. The van der Waals surface area contributed by atoms with Gasteiger partial charge in [0, 0.05) is 16.8 Å². The first-order valence-electron chi connectivity index (χ1n) is 8.52. The molecule has 0 radical (unpaired) electrons. The summed E-state index contributed by atoms with van der Waals surface area (Å²) in [6, 6.07) is 19.0. The number of rotatable bonds is 4. The van der Waals surface area contributed by atoms with E-state index in [0.717, 1.165) is 26.7 Å². The van der Waals surface area contributed by atoms with E-state index in [-0.39, 0.29) is 12.1 Å². The zero-order valence-corrected chi connectivity index (χ0v) is 17.4. The number of nitrogens with one attached hydrogen (secondary N) is 1. The Balaban J connectivity index is 1.79. The van der Waals surface area contributed by atoms with E-state index in [4.69, 9.17) is 12.2 Å². The number of halogens is 1. The van der Waals surface area contributed by atoms with Crippen molar-refractivity contribution in [3.05, 3.63) is 80.7 Å². The highest BCUT2D eigenvalue weighted by Crippen LogP contribution is 2.44. The zero-order chi connectivity index (χ0) is 18.1. The molecule has 1 fully saturated rings. The van der Waals surface area contributed by atoms with Crippen molar-refractivity contribution in [3.8, 4) is 0 Å². The molecule has 1 aliphatic rings. The summed E-state index contributed by atoms with van der Waals surface area (Å²) in [7, 11) is 0. The van der Waals surface area contributed by atoms with Crippen molar-refractivity contribution >= 4 is 50.3 Å². The molecule has 0 saturated carbocycles. The van der Waals surface area contributed by atoms with Crippen molar-refractivity contribution in [2.24, 2.45) is 0 Å². The van der Waals surface area contributed by atoms with E-state index < -0.39 is 0 Å². The van der Waals surface area contributed by atoms with Gasteiger partial charge in [0.25, 0.3) is 0 Å². The highest BCUT2D eigenvalue weighted by atomic mass is 79.9. The maximum absolute atomic E-state index is 5.72. The third-order valence-electron chi connectivity index (χ3n) is 4.61. The Labute approximate surface area is 171 Å². The van der Waals surface area contributed by atoms with Crippen LogP contribution in [0.1, 0.15) is 35.1 Å². The Morgan fingerprint density at radius 2 is 1.96 bits per heavy atom. The van der Waals surface area contributed by atoms with Crippen LogP contribution in [0, 0.1) is 0 Å². The van der Waals surface area contributed by atoms with E-state index in [9.17, 15) is 0 Å². The molecule has 3 nitrogen and oxygen atoms in total. The number of pyridine rings is 1. The number of aromatic nitrogens is 1. The van der Waals surface area contributed by atoms with Crippen molar-refractivity contribution in [1.29, 1.82) is 0 Å². The largest absolute Gasteiger partial charge is 0.351 e. The normalized spacial score (nSPS) is 19.6. The second-order valence-corrected chi connectivity index (χ2v) is 9.04. The van der Waals surface area contributed by atoms with Gasteiger partial charge in [-0.25, -0.2) is 0 Å². The summed E-state index contributed by atoms with van der Waals surface area (Å²) in [5.41, 5.74) is 3.42. The number of thiophene rings is 1. The molecular formula is C20H18BrN3S2. The molecule has 1 N–H and O–H groups in total. The molecule has 0 unspecified atom stereocenters. The van der Waals surface area contributed by atoms with Crippen molar-refractivity contribution < 1.29 is 0 Å². The predicted octanol–water partition coefficient (Wildman–Crippen LogP) is 5.65. The first kappa shape index (κ1) is 17.6. The summed E-state index contributed by atoms with van der Waals surface area (Å²) in [4.78, 5) is 8.04. The van der Waals surface area contributed by atoms with Crippen LogP contribution in [0.3, 0.4) is 0 Å². The molecule has 132 valence electrons. The Kier molecular flexibility index (Phi) is 5.07. The Morgan fingerprint density at radius 1 is 1.15 bits per heavy atom. The second-order valence-electron chi connectivity index (χ2n) is 6.16. The smallest absolute Gasteiger partial charge is 0.174 e. The number of anilines is 1. The van der Waals surface area contributed by atoms with E-state index >= 15 is 0 Å². The molecule has 0 spiro atoms. The maximum Gasteiger partial charge on any atom is 0.174 e. The molecule has 26 heavy (non-hydrogen) atoms. The van der Waals surface area contributed by atoms with Gasteiger partial charge in [-0.05, 0) is 76.5 Å². The molecule has 0 aliphatic carbocycles. The molecular weight excluding hydrogens is 426 g/mol. The average molecular weight is 444 g/mol. The van der Waals surface area contributed by atoms with Gasteiger partial charge in [0.05, 0.1) is 21.6 Å². The van der Waals surface area contributed by atoms with Crippen molar-refractivity contribution in [3.63, 3.8) is 0 Å². The third-order valence-corrected chi connectivity index (χ3v) is 6.62. The lowest BCUT2D eigenvalue weighted by molar-refractivity contribution is 0.575. The molecule has 2 atom stereocenters. The summed E-state index contributed by atoms with van der Waals surface area (Å²) < 4.78 is 1.12. The average Bonchev–Trinajstić information content (AvgIpc) is 3.25. The minimum atomic E-state index is 0.0140. The van der Waals surface area contributed by atoms with Gasteiger partial charge in [-0.3, -0.25) is 4.98 Å². The number of benzene rings is 1. The lowest BCUT2D eigenvalue weighted by atomic mass is 10.0. The first-order valence-corrected chi connectivity index (χ1v) is 10.5. The SMILES string of the molecule is CCc1ccc(N2C(=S)N[C@@H](c3ccccn3)[C@H]2c2ccc(Br)s2)cc1. The zero-order valence-electron chi connectivity index (χ0n) is 14.2. The minimum Gasteiger partial charge on any atom is -0.351 e. The van der Waals surface area contributed by atoms with Crippen LogP contribution in [0.4, 0.5) is 5.69 Å². The Bertz CT molecular complexity index is 908. The lowest BCUT2D eigenvalue weighted by Gasteiger charge is -2.27. The molecule has 1 aromatic carbocycles. The van der Waals surface area contributed by atoms with Crippen LogP contribution in [0.5, 0.6) is 0 Å². The van der Waals surface area contributed by atoms with Crippen molar-refractivity contribution in [2.75, 3.05) is 4.90 Å². The molecule has 0 bridgehead atoms. The fourth-order valence-electron chi connectivity index (χ4n) is 3.30. The molecule has 3 heterocycles. The highest BCUT2D eigenvalue weighted by molar-refractivity contribution is 9.11. The summed E-state index contributed by atoms with van der Waals surface area (Å²) >= 11 is 11.1. The van der Waals surface area contributed by atoms with Crippen LogP contribution in [0.25, 0.3) is 0 Å². The van der Waals surface area contributed by atoms with Gasteiger partial charge < -0.3 is 10.2 Å². The summed E-state index contributed by atoms with van der Waals surface area (Å²) in [5.74, 6) is 0. The van der Waals surface area contributed by atoms with Crippen LogP contribution >= 0.6 is 39.5 Å². The number of aryl methyl sites for hydroxylation is 1. The van der Waals surface area contributed by atoms with Crippen LogP contribution in [0.2, 0.25) is 0 Å².